The average Bonchev–Trinajstić information content (AvgIpc) is 3.44. The van der Waals surface area contributed by atoms with Crippen LogP contribution in [0.25, 0.3) is 32.8 Å². The number of hydrogen-bond donors (Lipinski definition) is 0. The van der Waals surface area contributed by atoms with Crippen LogP contribution in [0.15, 0.2) is 96.3 Å². The van der Waals surface area contributed by atoms with Crippen LogP contribution in [0.4, 0.5) is 0 Å². The Morgan fingerprint density at radius 3 is 2.66 bits per heavy atom. The van der Waals surface area contributed by atoms with E-state index in [9.17, 15) is 4.79 Å². The molecule has 0 unspecified atom stereocenters. The third-order valence-electron chi connectivity index (χ3n) is 6.51. The first kappa shape index (κ1) is 23.9. The summed E-state index contributed by atoms with van der Waals surface area (Å²) in [7, 11) is 0. The van der Waals surface area contributed by atoms with Crippen molar-refractivity contribution in [2.75, 3.05) is 6.61 Å². The van der Waals surface area contributed by atoms with Crippen LogP contribution in [0.2, 0.25) is 0 Å². The van der Waals surface area contributed by atoms with Crippen molar-refractivity contribution in [3.8, 4) is 11.5 Å². The van der Waals surface area contributed by atoms with Crippen molar-refractivity contribution in [2.45, 2.75) is 20.0 Å². The predicted molar refractivity (Wildman–Crippen MR) is 155 cm³/mol. The van der Waals surface area contributed by atoms with E-state index in [4.69, 9.17) is 9.47 Å². The lowest BCUT2D eigenvalue weighted by molar-refractivity contribution is 0.268. The molecule has 0 N–H and O–H groups in total. The molecule has 6 aromatic rings. The van der Waals surface area contributed by atoms with Crippen molar-refractivity contribution in [1.29, 1.82) is 0 Å². The van der Waals surface area contributed by atoms with Gasteiger partial charge in [0.1, 0.15) is 6.61 Å². The Balaban J connectivity index is 1.42. The van der Waals surface area contributed by atoms with E-state index >= 15 is 0 Å². The third-order valence-corrected chi connectivity index (χ3v) is 7.48. The van der Waals surface area contributed by atoms with Gasteiger partial charge < -0.3 is 9.47 Å². The Labute approximate surface area is 223 Å². The summed E-state index contributed by atoms with van der Waals surface area (Å²) in [5.41, 5.74) is 4.50. The monoisotopic (exact) mass is 518 g/mol. The molecule has 0 fully saturated rings. The van der Waals surface area contributed by atoms with Gasteiger partial charge in [0, 0.05) is 5.56 Å². The van der Waals surface area contributed by atoms with E-state index in [0.717, 1.165) is 27.7 Å². The Kier molecular flexibility index (Phi) is 6.40. The van der Waals surface area contributed by atoms with Crippen LogP contribution >= 0.6 is 11.3 Å². The number of ether oxygens (including phenoxy) is 2. The highest BCUT2D eigenvalue weighted by Gasteiger charge is 2.15. The quantitative estimate of drug-likeness (QED) is 0.221. The first-order valence-electron chi connectivity index (χ1n) is 12.6. The van der Waals surface area contributed by atoms with Crippen LogP contribution in [-0.4, -0.2) is 16.0 Å². The summed E-state index contributed by atoms with van der Waals surface area (Å²) in [4.78, 5) is 18.6. The number of para-hydroxylation sites is 2. The number of rotatable bonds is 8. The van der Waals surface area contributed by atoms with Gasteiger partial charge >= 0.3 is 0 Å². The summed E-state index contributed by atoms with van der Waals surface area (Å²) in [5.74, 6) is 1.35. The lowest BCUT2D eigenvalue weighted by Crippen LogP contribution is -2.22. The second-order valence-electron chi connectivity index (χ2n) is 8.99. The Morgan fingerprint density at radius 2 is 1.79 bits per heavy atom. The highest BCUT2D eigenvalue weighted by molar-refractivity contribution is 7.15. The highest BCUT2D eigenvalue weighted by Crippen LogP contribution is 2.35. The smallest absolute Gasteiger partial charge is 0.274 e. The number of hydrogen-bond acceptors (Lipinski definition) is 5. The molecule has 0 spiro atoms. The van der Waals surface area contributed by atoms with Gasteiger partial charge in [-0.1, -0.05) is 72.0 Å². The zero-order valence-electron chi connectivity index (χ0n) is 21.0. The zero-order valence-corrected chi connectivity index (χ0v) is 21.8. The van der Waals surface area contributed by atoms with E-state index in [1.807, 2.05) is 67.6 Å². The maximum absolute atomic E-state index is 13.3. The topological polar surface area (TPSA) is 52.8 Å². The van der Waals surface area contributed by atoms with Crippen molar-refractivity contribution in [3.63, 3.8) is 0 Å². The fourth-order valence-electron chi connectivity index (χ4n) is 4.83. The average molecular weight is 519 g/mol. The summed E-state index contributed by atoms with van der Waals surface area (Å²) in [6.45, 7) is 6.80. The minimum absolute atomic E-state index is 0.0711. The second kappa shape index (κ2) is 10.1. The molecule has 0 aliphatic rings. The molecule has 2 heterocycles. The lowest BCUT2D eigenvalue weighted by atomic mass is 10.0. The summed E-state index contributed by atoms with van der Waals surface area (Å²) in [5, 5.41) is 2.35. The predicted octanol–water partition coefficient (Wildman–Crippen LogP) is 6.32. The molecule has 6 heteroatoms. The number of nitrogens with zero attached hydrogens (tertiary/aromatic N) is 2. The van der Waals surface area contributed by atoms with Crippen LogP contribution in [0.1, 0.15) is 23.6 Å². The standard InChI is InChI=1S/C32H26N2O3S/c1-3-10-23-17-21(19-29-31(35)34-27-16-8-7-15-26(27)33-32(34)38-29)18-28(36-4-2)30(23)37-20-24-13-9-12-22-11-5-6-14-25(22)24/h3,5-9,11-19H,1,4,10,20H2,2H3/b29-19-. The molecule has 0 aliphatic carbocycles. The normalized spacial score (nSPS) is 12.0. The van der Waals surface area contributed by atoms with Crippen LogP contribution in [0.5, 0.6) is 11.5 Å². The van der Waals surface area contributed by atoms with Gasteiger partial charge in [-0.05, 0) is 65.6 Å². The van der Waals surface area contributed by atoms with Gasteiger partial charge in [0.15, 0.2) is 16.5 Å². The summed E-state index contributed by atoms with van der Waals surface area (Å²) >= 11 is 1.39. The largest absolute Gasteiger partial charge is 0.490 e. The molecule has 0 amide bonds. The zero-order chi connectivity index (χ0) is 26.1. The summed E-state index contributed by atoms with van der Waals surface area (Å²) < 4.78 is 14.8. The Hall–Kier alpha value is -4.42. The number of fused-ring (bicyclic) bond motifs is 4. The van der Waals surface area contributed by atoms with E-state index in [0.29, 0.717) is 40.6 Å². The fraction of sp³-hybridized carbons (Fsp3) is 0.125. The molecule has 0 saturated carbocycles. The van der Waals surface area contributed by atoms with Gasteiger partial charge in [-0.2, -0.15) is 0 Å². The number of allylic oxidation sites excluding steroid dienone is 1. The van der Waals surface area contributed by atoms with Crippen molar-refractivity contribution in [2.24, 2.45) is 0 Å². The number of aromatic nitrogens is 2. The van der Waals surface area contributed by atoms with E-state index in [1.54, 1.807) is 4.40 Å². The van der Waals surface area contributed by atoms with Gasteiger partial charge in [0.2, 0.25) is 0 Å². The van der Waals surface area contributed by atoms with Crippen LogP contribution in [0, 0.1) is 0 Å². The van der Waals surface area contributed by atoms with Crippen molar-refractivity contribution in [1.82, 2.24) is 9.38 Å². The molecule has 0 aliphatic heterocycles. The number of benzene rings is 4. The van der Waals surface area contributed by atoms with Crippen LogP contribution in [-0.2, 0) is 13.0 Å². The van der Waals surface area contributed by atoms with E-state index in [-0.39, 0.29) is 5.56 Å². The third kappa shape index (κ3) is 4.33. The van der Waals surface area contributed by atoms with E-state index in [1.165, 1.54) is 22.1 Å². The Morgan fingerprint density at radius 1 is 0.974 bits per heavy atom. The molecule has 188 valence electrons. The minimum atomic E-state index is -0.0711. The molecular formula is C32H26N2O3S. The molecular weight excluding hydrogens is 492 g/mol. The molecule has 4 aromatic carbocycles. The van der Waals surface area contributed by atoms with E-state index in [2.05, 4.69) is 41.9 Å². The van der Waals surface area contributed by atoms with Crippen molar-refractivity contribution < 1.29 is 9.47 Å². The number of imidazole rings is 1. The highest BCUT2D eigenvalue weighted by atomic mass is 32.1. The first-order valence-corrected chi connectivity index (χ1v) is 13.4. The summed E-state index contributed by atoms with van der Waals surface area (Å²) in [6.07, 6.45) is 4.36. The molecule has 0 saturated heterocycles. The van der Waals surface area contributed by atoms with Gasteiger partial charge in [0.05, 0.1) is 22.2 Å². The molecule has 0 radical (unpaired) electrons. The van der Waals surface area contributed by atoms with Gasteiger partial charge in [-0.15, -0.1) is 6.58 Å². The van der Waals surface area contributed by atoms with Crippen LogP contribution < -0.4 is 19.6 Å². The molecule has 6 rings (SSSR count). The van der Waals surface area contributed by atoms with Gasteiger partial charge in [-0.25, -0.2) is 9.38 Å². The van der Waals surface area contributed by atoms with Gasteiger partial charge in [0.25, 0.3) is 5.56 Å². The van der Waals surface area contributed by atoms with Crippen LogP contribution in [0.3, 0.4) is 0 Å². The molecule has 38 heavy (non-hydrogen) atoms. The molecule has 0 bridgehead atoms. The maximum atomic E-state index is 13.3. The van der Waals surface area contributed by atoms with Crippen molar-refractivity contribution in [3.05, 3.63) is 123 Å². The SMILES string of the molecule is C=CCc1cc(/C=c2\sc3nc4ccccc4n3c2=O)cc(OCC)c1OCc1cccc2ccccc12. The lowest BCUT2D eigenvalue weighted by Gasteiger charge is -2.17. The molecule has 5 nitrogen and oxygen atoms in total. The van der Waals surface area contributed by atoms with Crippen molar-refractivity contribution >= 4 is 44.2 Å². The van der Waals surface area contributed by atoms with E-state index < -0.39 is 0 Å². The molecule has 2 aromatic heterocycles. The second-order valence-corrected chi connectivity index (χ2v) is 10.0. The Bertz CT molecular complexity index is 1910. The fourth-order valence-corrected chi connectivity index (χ4v) is 5.82. The van der Waals surface area contributed by atoms with Gasteiger partial charge in [-0.3, -0.25) is 4.79 Å². The summed E-state index contributed by atoms with van der Waals surface area (Å²) in [6, 6.07) is 26.2. The minimum Gasteiger partial charge on any atom is -0.490 e. The first-order chi connectivity index (χ1) is 18.7. The molecule has 0 atom stereocenters. The maximum Gasteiger partial charge on any atom is 0.274 e. The number of thiazole rings is 1.